The van der Waals surface area contributed by atoms with Gasteiger partial charge in [-0.1, -0.05) is 36.4 Å². The van der Waals surface area contributed by atoms with Gasteiger partial charge in [-0.2, -0.15) is 9.61 Å². The van der Waals surface area contributed by atoms with E-state index in [1.54, 1.807) is 0 Å². The van der Waals surface area contributed by atoms with Gasteiger partial charge in [0.1, 0.15) is 5.65 Å². The van der Waals surface area contributed by atoms with Gasteiger partial charge in [0.25, 0.3) is 0 Å². The number of pyridine rings is 1. The molecule has 0 spiro atoms. The molecule has 6 heterocycles. The predicted molar refractivity (Wildman–Crippen MR) is 125 cm³/mol. The molecule has 0 aliphatic carbocycles. The van der Waals surface area contributed by atoms with Crippen LogP contribution in [0.15, 0.2) is 67.1 Å². The van der Waals surface area contributed by atoms with Gasteiger partial charge in [0.15, 0.2) is 5.65 Å². The number of benzene rings is 1. The number of hydrogen-bond acceptors (Lipinski definition) is 4. The van der Waals surface area contributed by atoms with Crippen molar-refractivity contribution in [2.45, 2.75) is 43.7 Å². The van der Waals surface area contributed by atoms with Crippen molar-refractivity contribution in [2.75, 3.05) is 0 Å². The summed E-state index contributed by atoms with van der Waals surface area (Å²) in [6.07, 6.45) is 10.8. The van der Waals surface area contributed by atoms with Crippen molar-refractivity contribution in [3.8, 4) is 22.4 Å². The molecule has 2 aliphatic heterocycles. The Labute approximate surface area is 185 Å². The Hall–Kier alpha value is -3.51. The first-order valence-electron chi connectivity index (χ1n) is 11.5. The van der Waals surface area contributed by atoms with Crippen LogP contribution in [0.2, 0.25) is 0 Å². The molecule has 2 fully saturated rings. The minimum absolute atomic E-state index is 0.485. The summed E-state index contributed by atoms with van der Waals surface area (Å²) in [6, 6.07) is 17.9. The standard InChI is InChI=1S/C26H24N6/c1-2-4-16(5-3-1)23-9-6-17(14-28-23)22-15-29-32-25-21(10-11-27-25)24(31-26(22)32)18-12-19-7-8-20(13-18)30-19/h1-6,9-11,14-15,18-20,27,30H,7-8,12-13H2. The molecule has 7 rings (SSSR count). The van der Waals surface area contributed by atoms with Crippen LogP contribution in [-0.2, 0) is 0 Å². The Morgan fingerprint density at radius 2 is 1.72 bits per heavy atom. The molecule has 4 aromatic heterocycles. The normalized spacial score (nSPS) is 22.7. The Kier molecular flexibility index (Phi) is 3.96. The molecule has 2 unspecified atom stereocenters. The fourth-order valence-electron chi connectivity index (χ4n) is 5.66. The second-order valence-corrected chi connectivity index (χ2v) is 9.13. The fourth-order valence-corrected chi connectivity index (χ4v) is 5.66. The number of nitrogens with one attached hydrogen (secondary N) is 2. The molecule has 5 aromatic rings. The zero-order valence-electron chi connectivity index (χ0n) is 17.7. The van der Waals surface area contributed by atoms with E-state index in [-0.39, 0.29) is 0 Å². The van der Waals surface area contributed by atoms with Crippen molar-refractivity contribution >= 4 is 16.7 Å². The van der Waals surface area contributed by atoms with Gasteiger partial charge < -0.3 is 10.3 Å². The number of fused-ring (bicyclic) bond motifs is 5. The van der Waals surface area contributed by atoms with Crippen molar-refractivity contribution in [2.24, 2.45) is 0 Å². The van der Waals surface area contributed by atoms with E-state index < -0.39 is 0 Å². The van der Waals surface area contributed by atoms with E-state index in [9.17, 15) is 0 Å². The minimum atomic E-state index is 0.485. The number of aromatic amines is 1. The molecule has 2 saturated heterocycles. The highest BCUT2D eigenvalue weighted by Crippen LogP contribution is 2.39. The van der Waals surface area contributed by atoms with E-state index >= 15 is 0 Å². The molecule has 6 nitrogen and oxygen atoms in total. The molecule has 0 radical (unpaired) electrons. The zero-order chi connectivity index (χ0) is 21.1. The van der Waals surface area contributed by atoms with Crippen LogP contribution in [0.1, 0.15) is 37.3 Å². The van der Waals surface area contributed by atoms with Crippen LogP contribution < -0.4 is 5.32 Å². The number of H-pyrrole nitrogens is 1. The van der Waals surface area contributed by atoms with Gasteiger partial charge in [0, 0.05) is 52.5 Å². The van der Waals surface area contributed by atoms with Gasteiger partial charge in [0.05, 0.1) is 17.6 Å². The van der Waals surface area contributed by atoms with E-state index in [1.807, 2.05) is 41.3 Å². The van der Waals surface area contributed by atoms with Crippen molar-refractivity contribution in [3.05, 3.63) is 72.8 Å². The number of rotatable bonds is 3. The lowest BCUT2D eigenvalue weighted by atomic mass is 9.88. The zero-order valence-corrected chi connectivity index (χ0v) is 17.7. The van der Waals surface area contributed by atoms with Crippen molar-refractivity contribution in [3.63, 3.8) is 0 Å². The molecule has 2 N–H and O–H groups in total. The third kappa shape index (κ3) is 2.79. The van der Waals surface area contributed by atoms with Crippen LogP contribution in [0.3, 0.4) is 0 Å². The Morgan fingerprint density at radius 1 is 0.875 bits per heavy atom. The topological polar surface area (TPSA) is 70.9 Å². The average molecular weight is 421 g/mol. The number of hydrogen-bond donors (Lipinski definition) is 2. The van der Waals surface area contributed by atoms with E-state index in [1.165, 1.54) is 23.9 Å². The first-order valence-corrected chi connectivity index (χ1v) is 11.5. The Morgan fingerprint density at radius 3 is 2.50 bits per heavy atom. The van der Waals surface area contributed by atoms with Crippen LogP contribution in [0.4, 0.5) is 0 Å². The molecular formula is C26H24N6. The quantitative estimate of drug-likeness (QED) is 0.434. The second kappa shape index (κ2) is 7.00. The molecule has 2 aliphatic rings. The van der Waals surface area contributed by atoms with Crippen LogP contribution in [0, 0.1) is 0 Å². The molecular weight excluding hydrogens is 396 g/mol. The number of aromatic nitrogens is 5. The van der Waals surface area contributed by atoms with Gasteiger partial charge in [-0.15, -0.1) is 0 Å². The van der Waals surface area contributed by atoms with Crippen LogP contribution >= 0.6 is 0 Å². The third-order valence-corrected chi connectivity index (χ3v) is 7.19. The summed E-state index contributed by atoms with van der Waals surface area (Å²) in [5, 5.41) is 9.64. The molecule has 2 bridgehead atoms. The van der Waals surface area contributed by atoms with Crippen molar-refractivity contribution in [1.82, 2.24) is 29.9 Å². The summed E-state index contributed by atoms with van der Waals surface area (Å²) in [6.45, 7) is 0. The maximum Gasteiger partial charge on any atom is 0.165 e. The summed E-state index contributed by atoms with van der Waals surface area (Å²) in [5.41, 5.74) is 7.28. The minimum Gasteiger partial charge on any atom is -0.346 e. The lowest BCUT2D eigenvalue weighted by Crippen LogP contribution is -2.37. The number of piperidine rings is 1. The van der Waals surface area contributed by atoms with Gasteiger partial charge in [0.2, 0.25) is 0 Å². The van der Waals surface area contributed by atoms with Gasteiger partial charge >= 0.3 is 0 Å². The highest BCUT2D eigenvalue weighted by atomic mass is 15.3. The average Bonchev–Trinajstić information content (AvgIpc) is 3.57. The molecule has 0 amide bonds. The largest absolute Gasteiger partial charge is 0.346 e. The number of nitrogens with zero attached hydrogens (tertiary/aromatic N) is 4. The maximum absolute atomic E-state index is 5.24. The molecule has 158 valence electrons. The molecule has 1 aromatic carbocycles. The summed E-state index contributed by atoms with van der Waals surface area (Å²) < 4.78 is 1.94. The monoisotopic (exact) mass is 420 g/mol. The summed E-state index contributed by atoms with van der Waals surface area (Å²) >= 11 is 0. The van der Waals surface area contributed by atoms with E-state index in [0.717, 1.165) is 46.5 Å². The van der Waals surface area contributed by atoms with Crippen molar-refractivity contribution in [1.29, 1.82) is 0 Å². The predicted octanol–water partition coefficient (Wildman–Crippen LogP) is 4.94. The highest BCUT2D eigenvalue weighted by Gasteiger charge is 2.35. The van der Waals surface area contributed by atoms with Gasteiger partial charge in [-0.25, -0.2) is 4.98 Å². The third-order valence-electron chi connectivity index (χ3n) is 7.19. The van der Waals surface area contributed by atoms with Crippen molar-refractivity contribution < 1.29 is 0 Å². The fraction of sp³-hybridized carbons (Fsp3) is 0.269. The van der Waals surface area contributed by atoms with E-state index in [0.29, 0.717) is 18.0 Å². The lowest BCUT2D eigenvalue weighted by molar-refractivity contribution is 0.360. The maximum atomic E-state index is 5.24. The van der Waals surface area contributed by atoms with Crippen LogP contribution in [0.25, 0.3) is 39.1 Å². The first kappa shape index (κ1) is 18.1. The molecule has 6 heteroatoms. The van der Waals surface area contributed by atoms with E-state index in [4.69, 9.17) is 9.97 Å². The molecule has 32 heavy (non-hydrogen) atoms. The van der Waals surface area contributed by atoms with Gasteiger partial charge in [-0.05, 0) is 37.8 Å². The highest BCUT2D eigenvalue weighted by molar-refractivity contribution is 5.86. The Balaban J connectivity index is 1.34. The smallest absolute Gasteiger partial charge is 0.165 e. The van der Waals surface area contributed by atoms with Gasteiger partial charge in [-0.3, -0.25) is 4.98 Å². The first-order chi connectivity index (χ1) is 15.8. The van der Waals surface area contributed by atoms with Crippen LogP contribution in [-0.4, -0.2) is 36.6 Å². The second-order valence-electron chi connectivity index (χ2n) is 9.13. The van der Waals surface area contributed by atoms with E-state index in [2.05, 4.69) is 45.7 Å². The molecule has 0 saturated carbocycles. The summed E-state index contributed by atoms with van der Waals surface area (Å²) in [7, 11) is 0. The van der Waals surface area contributed by atoms with Crippen LogP contribution in [0.5, 0.6) is 0 Å². The summed E-state index contributed by atoms with van der Waals surface area (Å²) in [4.78, 5) is 13.4. The SMILES string of the molecule is c1ccc(-c2ccc(-c3cnn4c3nc(C3CC5CCC(C3)N5)c3cc[nH]c34)cn2)cc1. The Bertz CT molecular complexity index is 1400. The summed E-state index contributed by atoms with van der Waals surface area (Å²) in [5.74, 6) is 0.485. The lowest BCUT2D eigenvalue weighted by Gasteiger charge is -2.29. The molecule has 2 atom stereocenters.